The van der Waals surface area contributed by atoms with Gasteiger partial charge in [0, 0.05) is 17.1 Å². The average Bonchev–Trinajstić information content (AvgIpc) is 2.56. The summed E-state index contributed by atoms with van der Waals surface area (Å²) in [6.45, 7) is 5.79. The molecule has 2 N–H and O–H groups in total. The predicted molar refractivity (Wildman–Crippen MR) is 100 cm³/mol. The van der Waals surface area contributed by atoms with E-state index in [-0.39, 0.29) is 5.91 Å². The molecule has 0 unspecified atom stereocenters. The lowest BCUT2D eigenvalue weighted by Gasteiger charge is -2.13. The molecule has 0 spiro atoms. The maximum atomic E-state index is 12.7. The van der Waals surface area contributed by atoms with E-state index in [1.54, 1.807) is 6.07 Å². The second-order valence-corrected chi connectivity index (χ2v) is 5.91. The Hall–Kier alpha value is -3.21. The van der Waals surface area contributed by atoms with E-state index in [4.69, 9.17) is 0 Å². The van der Waals surface area contributed by atoms with Crippen molar-refractivity contribution in [1.82, 2.24) is 9.97 Å². The lowest BCUT2D eigenvalue weighted by atomic mass is 10.1. The zero-order valence-electron chi connectivity index (χ0n) is 14.5. The summed E-state index contributed by atoms with van der Waals surface area (Å²) in [5, 5.41) is 6.11. The van der Waals surface area contributed by atoms with Crippen LogP contribution in [0.3, 0.4) is 0 Å². The van der Waals surface area contributed by atoms with Gasteiger partial charge in [0.05, 0.1) is 11.3 Å². The van der Waals surface area contributed by atoms with Crippen LogP contribution in [0.4, 0.5) is 17.3 Å². The SMILES string of the molecule is Cc1cc(C)nc(Nc2ccccc2C(=O)Nc2ccccc2C)n1. The smallest absolute Gasteiger partial charge is 0.257 e. The van der Waals surface area contributed by atoms with E-state index in [0.717, 1.165) is 22.6 Å². The highest BCUT2D eigenvalue weighted by Gasteiger charge is 2.13. The minimum atomic E-state index is -0.179. The first-order chi connectivity index (χ1) is 12.0. The summed E-state index contributed by atoms with van der Waals surface area (Å²) >= 11 is 0. The summed E-state index contributed by atoms with van der Waals surface area (Å²) < 4.78 is 0. The summed E-state index contributed by atoms with van der Waals surface area (Å²) in [6, 6.07) is 16.9. The van der Waals surface area contributed by atoms with Gasteiger partial charge in [-0.25, -0.2) is 9.97 Å². The largest absolute Gasteiger partial charge is 0.323 e. The van der Waals surface area contributed by atoms with E-state index in [1.165, 1.54) is 0 Å². The molecule has 0 aliphatic heterocycles. The van der Waals surface area contributed by atoms with E-state index >= 15 is 0 Å². The Kier molecular flexibility index (Phi) is 4.75. The van der Waals surface area contributed by atoms with Gasteiger partial charge >= 0.3 is 0 Å². The Balaban J connectivity index is 1.88. The number of rotatable bonds is 4. The second kappa shape index (κ2) is 7.13. The minimum absolute atomic E-state index is 0.179. The van der Waals surface area contributed by atoms with Crippen LogP contribution < -0.4 is 10.6 Å². The molecule has 0 radical (unpaired) electrons. The van der Waals surface area contributed by atoms with Gasteiger partial charge in [0.2, 0.25) is 5.95 Å². The average molecular weight is 332 g/mol. The number of amides is 1. The van der Waals surface area contributed by atoms with Crippen molar-refractivity contribution in [2.24, 2.45) is 0 Å². The highest BCUT2D eigenvalue weighted by atomic mass is 16.1. The van der Waals surface area contributed by atoms with Gasteiger partial charge in [-0.05, 0) is 50.6 Å². The summed E-state index contributed by atoms with van der Waals surface area (Å²) in [6.07, 6.45) is 0. The summed E-state index contributed by atoms with van der Waals surface area (Å²) in [4.78, 5) is 21.5. The molecule has 0 saturated heterocycles. The van der Waals surface area contributed by atoms with Crippen LogP contribution in [0.25, 0.3) is 0 Å². The van der Waals surface area contributed by atoms with Gasteiger partial charge in [0.1, 0.15) is 0 Å². The fourth-order valence-electron chi connectivity index (χ4n) is 2.60. The highest BCUT2D eigenvalue weighted by molar-refractivity contribution is 6.08. The molecular weight excluding hydrogens is 312 g/mol. The van der Waals surface area contributed by atoms with Gasteiger partial charge in [-0.3, -0.25) is 4.79 Å². The molecule has 2 aromatic carbocycles. The van der Waals surface area contributed by atoms with E-state index in [0.29, 0.717) is 17.2 Å². The minimum Gasteiger partial charge on any atom is -0.323 e. The number of hydrogen-bond acceptors (Lipinski definition) is 4. The Morgan fingerprint density at radius 1 is 0.840 bits per heavy atom. The molecule has 0 atom stereocenters. The van der Waals surface area contributed by atoms with E-state index in [2.05, 4.69) is 20.6 Å². The molecule has 3 rings (SSSR count). The van der Waals surface area contributed by atoms with Crippen LogP contribution in [0.15, 0.2) is 54.6 Å². The van der Waals surface area contributed by atoms with E-state index < -0.39 is 0 Å². The Morgan fingerprint density at radius 3 is 2.12 bits per heavy atom. The summed E-state index contributed by atoms with van der Waals surface area (Å²) in [5.74, 6) is 0.301. The molecule has 126 valence electrons. The van der Waals surface area contributed by atoms with Crippen LogP contribution in [0.1, 0.15) is 27.3 Å². The quantitative estimate of drug-likeness (QED) is 0.743. The van der Waals surface area contributed by atoms with Gasteiger partial charge in [0.15, 0.2) is 0 Å². The first-order valence-corrected chi connectivity index (χ1v) is 8.08. The van der Waals surface area contributed by atoms with Crippen molar-refractivity contribution in [3.63, 3.8) is 0 Å². The third-order valence-electron chi connectivity index (χ3n) is 3.79. The predicted octanol–water partition coefficient (Wildman–Crippen LogP) is 4.40. The van der Waals surface area contributed by atoms with Gasteiger partial charge in [0.25, 0.3) is 5.91 Å². The lowest BCUT2D eigenvalue weighted by Crippen LogP contribution is -2.15. The Labute approximate surface area is 147 Å². The molecule has 1 amide bonds. The zero-order valence-corrected chi connectivity index (χ0v) is 14.5. The number of hydrogen-bond donors (Lipinski definition) is 2. The van der Waals surface area contributed by atoms with Crippen molar-refractivity contribution in [1.29, 1.82) is 0 Å². The molecule has 0 saturated carbocycles. The van der Waals surface area contributed by atoms with Crippen LogP contribution in [0.2, 0.25) is 0 Å². The van der Waals surface area contributed by atoms with Crippen molar-refractivity contribution in [2.75, 3.05) is 10.6 Å². The monoisotopic (exact) mass is 332 g/mol. The van der Waals surface area contributed by atoms with Crippen molar-refractivity contribution in [3.8, 4) is 0 Å². The lowest BCUT2D eigenvalue weighted by molar-refractivity contribution is 0.102. The van der Waals surface area contributed by atoms with Crippen molar-refractivity contribution in [3.05, 3.63) is 77.1 Å². The topological polar surface area (TPSA) is 66.9 Å². The first-order valence-electron chi connectivity index (χ1n) is 8.08. The number of aromatic nitrogens is 2. The molecule has 5 nitrogen and oxygen atoms in total. The molecule has 0 fully saturated rings. The number of nitrogens with zero attached hydrogens (tertiary/aromatic N) is 2. The molecule has 1 heterocycles. The van der Waals surface area contributed by atoms with Crippen LogP contribution in [-0.4, -0.2) is 15.9 Å². The van der Waals surface area contributed by atoms with E-state index in [1.807, 2.05) is 69.3 Å². The van der Waals surface area contributed by atoms with Gasteiger partial charge < -0.3 is 10.6 Å². The number of anilines is 3. The van der Waals surface area contributed by atoms with Crippen LogP contribution in [0, 0.1) is 20.8 Å². The number of nitrogens with one attached hydrogen (secondary N) is 2. The van der Waals surface area contributed by atoms with Crippen molar-refractivity contribution in [2.45, 2.75) is 20.8 Å². The van der Waals surface area contributed by atoms with Gasteiger partial charge in [-0.15, -0.1) is 0 Å². The van der Waals surface area contributed by atoms with Crippen LogP contribution in [-0.2, 0) is 0 Å². The molecule has 0 aliphatic rings. The fraction of sp³-hybridized carbons (Fsp3) is 0.150. The molecule has 3 aromatic rings. The number of benzene rings is 2. The first kappa shape index (κ1) is 16.6. The van der Waals surface area contributed by atoms with Crippen LogP contribution in [0.5, 0.6) is 0 Å². The summed E-state index contributed by atoms with van der Waals surface area (Å²) in [7, 11) is 0. The Bertz CT molecular complexity index is 901. The van der Waals surface area contributed by atoms with E-state index in [9.17, 15) is 4.79 Å². The third-order valence-corrected chi connectivity index (χ3v) is 3.79. The molecule has 0 aliphatic carbocycles. The molecule has 25 heavy (non-hydrogen) atoms. The normalized spacial score (nSPS) is 10.4. The van der Waals surface area contributed by atoms with Crippen molar-refractivity contribution >= 4 is 23.2 Å². The molecule has 5 heteroatoms. The van der Waals surface area contributed by atoms with Crippen molar-refractivity contribution < 1.29 is 4.79 Å². The standard InChI is InChI=1S/C20H20N4O/c1-13-8-4-6-10-17(13)23-19(25)16-9-5-7-11-18(16)24-20-21-14(2)12-15(3)22-20/h4-12H,1-3H3,(H,23,25)(H,21,22,24). The zero-order chi connectivity index (χ0) is 17.8. The third kappa shape index (κ3) is 4.01. The molecule has 1 aromatic heterocycles. The fourth-order valence-corrected chi connectivity index (χ4v) is 2.60. The second-order valence-electron chi connectivity index (χ2n) is 5.91. The number of carbonyl (C=O) groups excluding carboxylic acids is 1. The van der Waals surface area contributed by atoms with Crippen LogP contribution >= 0.6 is 0 Å². The summed E-state index contributed by atoms with van der Waals surface area (Å²) in [5.41, 5.74) is 4.75. The van der Waals surface area contributed by atoms with Gasteiger partial charge in [-0.1, -0.05) is 30.3 Å². The number of para-hydroxylation sites is 2. The number of aryl methyl sites for hydroxylation is 3. The molecule has 0 bridgehead atoms. The maximum Gasteiger partial charge on any atom is 0.257 e. The maximum absolute atomic E-state index is 12.7. The number of carbonyl (C=O) groups is 1. The highest BCUT2D eigenvalue weighted by Crippen LogP contribution is 2.21. The van der Waals surface area contributed by atoms with Gasteiger partial charge in [-0.2, -0.15) is 0 Å². The molecular formula is C20H20N4O. The Morgan fingerprint density at radius 2 is 1.44 bits per heavy atom.